The van der Waals surface area contributed by atoms with Crippen LogP contribution in [-0.2, 0) is 33.4 Å². The number of carbonyl (C=O) groups is 5. The van der Waals surface area contributed by atoms with Crippen molar-refractivity contribution in [3.05, 3.63) is 58.5 Å². The highest BCUT2D eigenvalue weighted by molar-refractivity contribution is 6.23. The van der Waals surface area contributed by atoms with Crippen LogP contribution in [0.15, 0.2) is 58.5 Å². The van der Waals surface area contributed by atoms with Crippen LogP contribution in [0.1, 0.15) is 47.5 Å². The predicted octanol–water partition coefficient (Wildman–Crippen LogP) is 2.02. The lowest BCUT2D eigenvalue weighted by atomic mass is 9.85. The van der Waals surface area contributed by atoms with Crippen molar-refractivity contribution in [1.29, 1.82) is 0 Å². The van der Waals surface area contributed by atoms with Crippen LogP contribution in [0.3, 0.4) is 0 Å². The summed E-state index contributed by atoms with van der Waals surface area (Å²) in [4.78, 5) is 65.0. The van der Waals surface area contributed by atoms with Crippen molar-refractivity contribution < 1.29 is 43.3 Å². The van der Waals surface area contributed by atoms with Gasteiger partial charge in [0.15, 0.2) is 6.10 Å². The minimum atomic E-state index is -1.03. The van der Waals surface area contributed by atoms with Crippen LogP contribution in [0.4, 0.5) is 4.79 Å². The maximum Gasteiger partial charge on any atom is 0.405 e. The van der Waals surface area contributed by atoms with Gasteiger partial charge in [-0.25, -0.2) is 4.79 Å². The molecule has 0 aromatic carbocycles. The van der Waals surface area contributed by atoms with Gasteiger partial charge in [-0.2, -0.15) is 0 Å². The lowest BCUT2D eigenvalue weighted by molar-refractivity contribution is -0.131. The van der Waals surface area contributed by atoms with Crippen molar-refractivity contribution in [2.24, 2.45) is 23.3 Å². The Hall–Kier alpha value is -3.87. The molecule has 2 rings (SSSR count). The van der Waals surface area contributed by atoms with Crippen LogP contribution in [0.25, 0.3) is 0 Å². The number of fused-ring (bicyclic) bond motifs is 2. The van der Waals surface area contributed by atoms with Gasteiger partial charge in [0, 0.05) is 37.4 Å². The summed E-state index contributed by atoms with van der Waals surface area (Å²) < 4.78 is 16.5. The average Bonchev–Trinajstić information content (AvgIpc) is 2.94. The first-order valence-electron chi connectivity index (χ1n) is 14.0. The number of carbonyl (C=O) groups excluding carboxylic acids is 5. The Morgan fingerprint density at radius 3 is 2.33 bits per heavy atom. The number of primary amides is 1. The van der Waals surface area contributed by atoms with Crippen molar-refractivity contribution in [2.45, 2.75) is 71.9 Å². The summed E-state index contributed by atoms with van der Waals surface area (Å²) in [5.74, 6) is -3.14. The van der Waals surface area contributed by atoms with Gasteiger partial charge in [-0.3, -0.25) is 24.1 Å². The molecule has 2 bridgehead atoms. The first-order valence-corrected chi connectivity index (χ1v) is 14.0. The fraction of sp³-hybridized carbons (Fsp3) is 0.516. The maximum atomic E-state index is 13.7. The highest BCUT2D eigenvalue weighted by Crippen LogP contribution is 2.30. The van der Waals surface area contributed by atoms with Gasteiger partial charge < -0.3 is 30.8 Å². The molecular formula is C31H43N3O9. The fourth-order valence-corrected chi connectivity index (χ4v) is 5.18. The molecule has 1 heterocycles. The van der Waals surface area contributed by atoms with Crippen molar-refractivity contribution >= 4 is 29.4 Å². The maximum absolute atomic E-state index is 13.7. The van der Waals surface area contributed by atoms with Crippen molar-refractivity contribution in [2.75, 3.05) is 20.8 Å². The molecule has 43 heavy (non-hydrogen) atoms. The molecule has 0 radical (unpaired) electrons. The molecule has 0 aromatic rings. The quantitative estimate of drug-likeness (QED) is 0.311. The summed E-state index contributed by atoms with van der Waals surface area (Å²) in [7, 11) is 2.86. The molecule has 5 N–H and O–H groups in total. The third-order valence-electron chi connectivity index (χ3n) is 7.46. The zero-order valence-corrected chi connectivity index (χ0v) is 25.8. The summed E-state index contributed by atoms with van der Waals surface area (Å²) in [6.45, 7) is 7.60. The van der Waals surface area contributed by atoms with E-state index in [0.717, 1.165) is 11.0 Å². The Balaban J connectivity index is 2.72. The first kappa shape index (κ1) is 35.3. The molecule has 0 spiro atoms. The molecule has 0 unspecified atom stereocenters. The van der Waals surface area contributed by atoms with Gasteiger partial charge in [-0.15, -0.1) is 0 Å². The summed E-state index contributed by atoms with van der Waals surface area (Å²) in [5, 5.41) is 11.2. The van der Waals surface area contributed by atoms with E-state index in [4.69, 9.17) is 25.7 Å². The fourth-order valence-electron chi connectivity index (χ4n) is 5.18. The number of ketones is 3. The molecule has 2 aliphatic rings. The second-order valence-electron chi connectivity index (χ2n) is 11.1. The van der Waals surface area contributed by atoms with Crippen molar-refractivity contribution in [3.8, 4) is 0 Å². The number of amides is 2. The van der Waals surface area contributed by atoms with Gasteiger partial charge in [0.05, 0.1) is 30.1 Å². The van der Waals surface area contributed by atoms with Crippen LogP contribution >= 0.6 is 0 Å². The first-order chi connectivity index (χ1) is 20.1. The van der Waals surface area contributed by atoms with Crippen LogP contribution in [0.5, 0.6) is 0 Å². The molecule has 1 aliphatic heterocycles. The van der Waals surface area contributed by atoms with E-state index in [1.165, 1.54) is 40.2 Å². The third-order valence-corrected chi connectivity index (χ3v) is 7.46. The third kappa shape index (κ3) is 9.06. The molecular weight excluding hydrogens is 558 g/mol. The van der Waals surface area contributed by atoms with Crippen molar-refractivity contribution in [1.82, 2.24) is 4.90 Å². The number of nitrogens with zero attached hydrogens (tertiary/aromatic N) is 1. The molecule has 12 nitrogen and oxygen atoms in total. The van der Waals surface area contributed by atoms with E-state index in [2.05, 4.69) is 0 Å². The molecule has 6 atom stereocenters. The molecule has 0 saturated carbocycles. The summed E-state index contributed by atoms with van der Waals surface area (Å²) in [6, 6.07) is 0. The second kappa shape index (κ2) is 15.6. The zero-order chi connectivity index (χ0) is 32.6. The Kier molecular flexibility index (Phi) is 12.8. The summed E-state index contributed by atoms with van der Waals surface area (Å²) in [5.41, 5.74) is 11.6. The minimum absolute atomic E-state index is 0.0262. The number of hydrogen-bond acceptors (Lipinski definition) is 10. The Labute approximate surface area is 252 Å². The largest absolute Gasteiger partial charge is 0.439 e. The number of aliphatic hydroxyl groups excluding tert-OH is 1. The predicted molar refractivity (Wildman–Crippen MR) is 158 cm³/mol. The molecule has 2 amide bonds. The number of hydrogen-bond donors (Lipinski definition) is 3. The van der Waals surface area contributed by atoms with Gasteiger partial charge in [-0.05, 0) is 45.1 Å². The van der Waals surface area contributed by atoms with Gasteiger partial charge in [0.1, 0.15) is 11.9 Å². The Morgan fingerprint density at radius 1 is 1.12 bits per heavy atom. The highest BCUT2D eigenvalue weighted by atomic mass is 16.6. The molecule has 0 fully saturated rings. The van der Waals surface area contributed by atoms with Gasteiger partial charge in [-0.1, -0.05) is 38.2 Å². The minimum Gasteiger partial charge on any atom is -0.439 e. The van der Waals surface area contributed by atoms with Crippen LogP contribution in [0, 0.1) is 11.8 Å². The molecule has 0 saturated heterocycles. The van der Waals surface area contributed by atoms with E-state index in [1.54, 1.807) is 26.0 Å². The van der Waals surface area contributed by atoms with Crippen LogP contribution in [0.2, 0.25) is 0 Å². The number of nitrogens with two attached hydrogens (primary N) is 2. The van der Waals surface area contributed by atoms with E-state index < -0.39 is 66.2 Å². The molecule has 236 valence electrons. The lowest BCUT2D eigenvalue weighted by Crippen LogP contribution is -2.41. The molecule has 0 aromatic heterocycles. The van der Waals surface area contributed by atoms with Gasteiger partial charge >= 0.3 is 6.09 Å². The van der Waals surface area contributed by atoms with E-state index in [0.29, 0.717) is 5.57 Å². The zero-order valence-electron chi connectivity index (χ0n) is 25.8. The lowest BCUT2D eigenvalue weighted by Gasteiger charge is -2.30. The SMILES string of the molecule is CO[C@H]1/C=C\C=C(/C)C(=O)N(CC(C)=O)C2=CC(=O)C(N)=C(C[C@@H](C)C[C@H](OC)[C@H](O)[C@@H](C)/C=C(\C)[C@@H]1OC(N)=O)C2=O. The number of methoxy groups -OCH3 is 2. The van der Waals surface area contributed by atoms with E-state index in [1.807, 2.05) is 6.92 Å². The molecule has 1 aliphatic carbocycles. The number of ether oxygens (including phenoxy) is 3. The monoisotopic (exact) mass is 601 g/mol. The van der Waals surface area contributed by atoms with E-state index in [-0.39, 0.29) is 41.3 Å². The Morgan fingerprint density at radius 2 is 1.77 bits per heavy atom. The number of rotatable bonds is 5. The van der Waals surface area contributed by atoms with Crippen molar-refractivity contribution in [3.63, 3.8) is 0 Å². The summed E-state index contributed by atoms with van der Waals surface area (Å²) >= 11 is 0. The van der Waals surface area contributed by atoms with Crippen LogP contribution < -0.4 is 11.5 Å². The number of allylic oxidation sites excluding steroid dienone is 4. The van der Waals surface area contributed by atoms with Crippen LogP contribution in [-0.4, -0.2) is 84.5 Å². The Bertz CT molecular complexity index is 1280. The highest BCUT2D eigenvalue weighted by Gasteiger charge is 2.35. The van der Waals surface area contributed by atoms with Gasteiger partial charge in [0.2, 0.25) is 11.6 Å². The number of Topliss-reactive ketones (excluding diaryl/α,β-unsaturated/α-hetero) is 2. The standard InChI is InChI=1S/C31H43N3O9/c1-16-11-21-26(32)23(36)14-22(28(21)38)34(15-20(5)35)30(39)17(2)9-8-10-24(41-6)29(43-31(33)40)19(4)13-18(3)27(37)25(12-16)42-7/h8-10,13-14,16,18,24-25,27,29,37H,11-12,15,32H2,1-7H3,(H2,33,40)/b10-8-,17-9+,19-13+/t16-,18+,24+,25+,27-,29+/m1/s1. The topological polar surface area (TPSA) is 189 Å². The van der Waals surface area contributed by atoms with E-state index >= 15 is 0 Å². The van der Waals surface area contributed by atoms with Gasteiger partial charge in [0.25, 0.3) is 5.91 Å². The average molecular weight is 602 g/mol. The smallest absolute Gasteiger partial charge is 0.405 e. The summed E-state index contributed by atoms with van der Waals surface area (Å²) in [6.07, 6.45) is 3.02. The normalized spacial score (nSPS) is 31.5. The second-order valence-corrected chi connectivity index (χ2v) is 11.1. The number of aliphatic hydroxyl groups is 1. The van der Waals surface area contributed by atoms with E-state index in [9.17, 15) is 29.1 Å². The molecule has 12 heteroatoms.